The van der Waals surface area contributed by atoms with Crippen LogP contribution in [0.4, 0.5) is 5.69 Å². The van der Waals surface area contributed by atoms with Gasteiger partial charge in [0, 0.05) is 21.6 Å². The molecule has 0 heterocycles. The van der Waals surface area contributed by atoms with Crippen LogP contribution in [0.2, 0.25) is 10.0 Å². The maximum absolute atomic E-state index is 6.16. The van der Waals surface area contributed by atoms with Crippen molar-refractivity contribution in [1.82, 2.24) is 0 Å². The van der Waals surface area contributed by atoms with Crippen LogP contribution in [-0.2, 0) is 6.54 Å². The molecule has 0 radical (unpaired) electrons. The Bertz CT molecular complexity index is 632. The first kappa shape index (κ1) is 16.5. The highest BCUT2D eigenvalue weighted by Crippen LogP contribution is 2.28. The predicted molar refractivity (Wildman–Crippen MR) is 93.7 cm³/mol. The van der Waals surface area contributed by atoms with Gasteiger partial charge in [-0.1, -0.05) is 39.1 Å². The van der Waals surface area contributed by atoms with Gasteiger partial charge in [0.05, 0.1) is 16.8 Å². The lowest BCUT2D eigenvalue weighted by atomic mass is 10.2. The topological polar surface area (TPSA) is 21.3 Å². The average Bonchev–Trinajstić information content (AvgIpc) is 2.42. The number of nitrogens with one attached hydrogen (secondary N) is 1. The predicted octanol–water partition coefficient (Wildman–Crippen LogP) is 6.16. The van der Waals surface area contributed by atoms with E-state index in [1.807, 2.05) is 38.1 Å². The van der Waals surface area contributed by atoms with E-state index in [9.17, 15) is 0 Å². The third-order valence-corrected chi connectivity index (χ3v) is 3.84. The minimum atomic E-state index is 0.125. The smallest absolute Gasteiger partial charge is 0.124 e. The zero-order valence-electron chi connectivity index (χ0n) is 11.8. The fourth-order valence-corrected chi connectivity index (χ4v) is 2.64. The summed E-state index contributed by atoms with van der Waals surface area (Å²) < 4.78 is 6.83. The molecule has 0 aliphatic heterocycles. The number of hydrogen-bond acceptors (Lipinski definition) is 2. The van der Waals surface area contributed by atoms with Crippen LogP contribution in [0.15, 0.2) is 40.9 Å². The van der Waals surface area contributed by atoms with Crippen molar-refractivity contribution in [3.63, 3.8) is 0 Å². The van der Waals surface area contributed by atoms with E-state index >= 15 is 0 Å². The summed E-state index contributed by atoms with van der Waals surface area (Å²) >= 11 is 15.6. The average molecular weight is 389 g/mol. The molecule has 2 aromatic rings. The molecular formula is C16H16BrCl2NO. The maximum Gasteiger partial charge on any atom is 0.124 e. The summed E-state index contributed by atoms with van der Waals surface area (Å²) in [6.45, 7) is 4.61. The zero-order chi connectivity index (χ0) is 15.4. The molecule has 0 fully saturated rings. The lowest BCUT2D eigenvalue weighted by Gasteiger charge is -2.16. The lowest BCUT2D eigenvalue weighted by molar-refractivity contribution is 0.240. The van der Waals surface area contributed by atoms with Crippen molar-refractivity contribution in [3.05, 3.63) is 56.5 Å². The van der Waals surface area contributed by atoms with Crippen molar-refractivity contribution in [2.24, 2.45) is 0 Å². The first-order valence-corrected chi connectivity index (χ1v) is 8.14. The molecular weight excluding hydrogens is 373 g/mol. The minimum absolute atomic E-state index is 0.125. The zero-order valence-corrected chi connectivity index (χ0v) is 14.9. The van der Waals surface area contributed by atoms with Crippen LogP contribution in [-0.4, -0.2) is 6.10 Å². The molecule has 21 heavy (non-hydrogen) atoms. The second kappa shape index (κ2) is 7.39. The molecule has 0 amide bonds. The van der Waals surface area contributed by atoms with E-state index in [0.717, 1.165) is 21.5 Å². The van der Waals surface area contributed by atoms with Crippen LogP contribution in [0.25, 0.3) is 0 Å². The SMILES string of the molecule is CC(C)Oc1ccc(Br)cc1CNc1cc(Cl)ccc1Cl. The molecule has 0 aromatic heterocycles. The van der Waals surface area contributed by atoms with E-state index < -0.39 is 0 Å². The van der Waals surface area contributed by atoms with Crippen LogP contribution >= 0.6 is 39.1 Å². The van der Waals surface area contributed by atoms with E-state index in [0.29, 0.717) is 16.6 Å². The van der Waals surface area contributed by atoms with Gasteiger partial charge in [-0.05, 0) is 50.2 Å². The van der Waals surface area contributed by atoms with Gasteiger partial charge in [0.15, 0.2) is 0 Å². The number of anilines is 1. The molecule has 0 saturated heterocycles. The largest absolute Gasteiger partial charge is 0.491 e. The molecule has 1 N–H and O–H groups in total. The monoisotopic (exact) mass is 387 g/mol. The summed E-state index contributed by atoms with van der Waals surface area (Å²) in [5.41, 5.74) is 1.86. The molecule has 0 spiro atoms. The summed E-state index contributed by atoms with van der Waals surface area (Å²) in [5.74, 6) is 0.860. The van der Waals surface area contributed by atoms with Crippen molar-refractivity contribution in [3.8, 4) is 5.75 Å². The highest BCUT2D eigenvalue weighted by molar-refractivity contribution is 9.10. The van der Waals surface area contributed by atoms with Crippen LogP contribution in [0, 0.1) is 0 Å². The Kier molecular flexibility index (Phi) is 5.80. The lowest BCUT2D eigenvalue weighted by Crippen LogP contribution is -2.09. The van der Waals surface area contributed by atoms with Gasteiger partial charge in [-0.25, -0.2) is 0 Å². The highest BCUT2D eigenvalue weighted by atomic mass is 79.9. The molecule has 0 aliphatic carbocycles. The third-order valence-electron chi connectivity index (χ3n) is 2.78. The Morgan fingerprint density at radius 3 is 2.62 bits per heavy atom. The molecule has 0 bridgehead atoms. The Morgan fingerprint density at radius 1 is 1.14 bits per heavy atom. The summed E-state index contributed by atoms with van der Waals surface area (Å²) in [6.07, 6.45) is 0.125. The fourth-order valence-electron chi connectivity index (χ4n) is 1.88. The van der Waals surface area contributed by atoms with Crippen molar-refractivity contribution in [1.29, 1.82) is 0 Å². The minimum Gasteiger partial charge on any atom is -0.491 e. The number of ether oxygens (including phenoxy) is 1. The van der Waals surface area contributed by atoms with Crippen molar-refractivity contribution < 1.29 is 4.74 Å². The first-order chi connectivity index (χ1) is 9.95. The van der Waals surface area contributed by atoms with Crippen molar-refractivity contribution >= 4 is 44.8 Å². The molecule has 2 aromatic carbocycles. The van der Waals surface area contributed by atoms with Gasteiger partial charge in [0.1, 0.15) is 5.75 Å². The third kappa shape index (κ3) is 4.80. The summed E-state index contributed by atoms with van der Waals surface area (Å²) in [6, 6.07) is 11.3. The van der Waals surface area contributed by atoms with Crippen LogP contribution in [0.1, 0.15) is 19.4 Å². The summed E-state index contributed by atoms with van der Waals surface area (Å²) in [7, 11) is 0. The molecule has 0 aliphatic rings. The summed E-state index contributed by atoms with van der Waals surface area (Å²) in [5, 5.41) is 4.58. The quantitative estimate of drug-likeness (QED) is 0.662. The molecule has 112 valence electrons. The van der Waals surface area contributed by atoms with Crippen LogP contribution in [0.5, 0.6) is 5.75 Å². The molecule has 2 rings (SSSR count). The second-order valence-electron chi connectivity index (χ2n) is 4.90. The molecule has 0 saturated carbocycles. The first-order valence-electron chi connectivity index (χ1n) is 6.59. The van der Waals surface area contributed by atoms with E-state index in [2.05, 4.69) is 21.2 Å². The Labute approximate surface area is 143 Å². The van der Waals surface area contributed by atoms with E-state index in [4.69, 9.17) is 27.9 Å². The van der Waals surface area contributed by atoms with Crippen LogP contribution in [0.3, 0.4) is 0 Å². The molecule has 0 atom stereocenters. The van der Waals surface area contributed by atoms with Crippen molar-refractivity contribution in [2.45, 2.75) is 26.5 Å². The van der Waals surface area contributed by atoms with Gasteiger partial charge in [-0.15, -0.1) is 0 Å². The molecule has 0 unspecified atom stereocenters. The normalized spacial score (nSPS) is 10.8. The fraction of sp³-hybridized carbons (Fsp3) is 0.250. The standard InChI is InChI=1S/C16H16BrCl2NO/c1-10(2)21-16-6-3-12(17)7-11(16)9-20-15-8-13(18)4-5-14(15)19/h3-8,10,20H,9H2,1-2H3. The number of benzene rings is 2. The molecule has 2 nitrogen and oxygen atoms in total. The van der Waals surface area contributed by atoms with E-state index in [1.54, 1.807) is 12.1 Å². The number of rotatable bonds is 5. The molecule has 5 heteroatoms. The van der Waals surface area contributed by atoms with Crippen molar-refractivity contribution in [2.75, 3.05) is 5.32 Å². The maximum atomic E-state index is 6.16. The van der Waals surface area contributed by atoms with Crippen LogP contribution < -0.4 is 10.1 Å². The van der Waals surface area contributed by atoms with Gasteiger partial charge in [-0.3, -0.25) is 0 Å². The van der Waals surface area contributed by atoms with E-state index in [-0.39, 0.29) is 6.10 Å². The number of hydrogen-bond donors (Lipinski definition) is 1. The van der Waals surface area contributed by atoms with Gasteiger partial charge in [-0.2, -0.15) is 0 Å². The highest BCUT2D eigenvalue weighted by Gasteiger charge is 2.08. The Balaban J connectivity index is 2.18. The van der Waals surface area contributed by atoms with Gasteiger partial charge < -0.3 is 10.1 Å². The number of halogens is 3. The van der Waals surface area contributed by atoms with Gasteiger partial charge in [0.25, 0.3) is 0 Å². The second-order valence-corrected chi connectivity index (χ2v) is 6.66. The Hall–Kier alpha value is -0.900. The van der Waals surface area contributed by atoms with Gasteiger partial charge in [0.2, 0.25) is 0 Å². The van der Waals surface area contributed by atoms with E-state index in [1.165, 1.54) is 0 Å². The van der Waals surface area contributed by atoms with Gasteiger partial charge >= 0.3 is 0 Å². The summed E-state index contributed by atoms with van der Waals surface area (Å²) in [4.78, 5) is 0. The Morgan fingerprint density at radius 2 is 1.90 bits per heavy atom.